The maximum absolute atomic E-state index is 12.6. The molecule has 3 aromatic rings. The molecule has 0 fully saturated rings. The predicted octanol–water partition coefficient (Wildman–Crippen LogP) is 4.21. The molecule has 1 atom stereocenters. The van der Waals surface area contributed by atoms with Crippen LogP contribution in [0.15, 0.2) is 40.9 Å². The summed E-state index contributed by atoms with van der Waals surface area (Å²) in [7, 11) is 0. The summed E-state index contributed by atoms with van der Waals surface area (Å²) >= 11 is 5.89. The molecule has 0 bridgehead atoms. The summed E-state index contributed by atoms with van der Waals surface area (Å²) in [4.78, 5) is 0. The number of benzene rings is 1. The van der Waals surface area contributed by atoms with Gasteiger partial charge in [-0.1, -0.05) is 17.7 Å². The number of hydrogen-bond acceptors (Lipinski definition) is 4. The van der Waals surface area contributed by atoms with E-state index in [-0.39, 0.29) is 11.8 Å². The van der Waals surface area contributed by atoms with Crippen LogP contribution in [-0.2, 0) is 6.18 Å². The molecule has 0 N–H and O–H groups in total. The molecule has 9 heteroatoms. The molecule has 0 spiro atoms. The molecule has 0 saturated heterocycles. The van der Waals surface area contributed by atoms with E-state index in [0.29, 0.717) is 10.6 Å². The second-order valence-electron chi connectivity index (χ2n) is 4.81. The fourth-order valence-electron chi connectivity index (χ4n) is 1.96. The lowest BCUT2D eigenvalue weighted by Crippen LogP contribution is -2.11. The molecule has 0 aliphatic heterocycles. The molecule has 2 aromatic heterocycles. The number of aromatic nitrogens is 4. The van der Waals surface area contributed by atoms with Crippen LogP contribution in [0, 0.1) is 0 Å². The van der Waals surface area contributed by atoms with Gasteiger partial charge in [-0.15, -0.1) is 10.2 Å². The van der Waals surface area contributed by atoms with Gasteiger partial charge in [0.2, 0.25) is 11.8 Å². The molecule has 0 unspecified atom stereocenters. The molecule has 23 heavy (non-hydrogen) atoms. The fourth-order valence-corrected chi connectivity index (χ4v) is 2.15. The monoisotopic (exact) mass is 342 g/mol. The van der Waals surface area contributed by atoms with Crippen molar-refractivity contribution in [1.29, 1.82) is 0 Å². The van der Waals surface area contributed by atoms with Crippen LogP contribution >= 0.6 is 11.6 Å². The highest BCUT2D eigenvalue weighted by atomic mass is 35.5. The van der Waals surface area contributed by atoms with Crippen LogP contribution in [0.2, 0.25) is 5.02 Å². The van der Waals surface area contributed by atoms with Crippen LogP contribution in [0.5, 0.6) is 0 Å². The molecule has 0 amide bonds. The SMILES string of the molecule is C[C@@H](c1nnc(-c2cccc(Cl)c2)o1)n1ccc(C(F)(F)F)n1. The standard InChI is InChI=1S/C14H10ClF3N4O/c1-8(22-6-5-11(21-22)14(16,17)18)12-19-20-13(23-12)9-3-2-4-10(15)7-9/h2-8H,1H3/t8-/m0/s1. The zero-order chi connectivity index (χ0) is 16.6. The molecule has 0 radical (unpaired) electrons. The Kier molecular flexibility index (Phi) is 3.85. The smallest absolute Gasteiger partial charge is 0.418 e. The number of halogens is 4. The van der Waals surface area contributed by atoms with Crippen LogP contribution in [0.1, 0.15) is 24.6 Å². The Balaban J connectivity index is 1.86. The van der Waals surface area contributed by atoms with E-state index in [1.54, 1.807) is 31.2 Å². The van der Waals surface area contributed by atoms with Gasteiger partial charge in [-0.2, -0.15) is 18.3 Å². The van der Waals surface area contributed by atoms with Gasteiger partial charge in [-0.3, -0.25) is 4.68 Å². The molecule has 1 aromatic carbocycles. The third kappa shape index (κ3) is 3.21. The first-order chi connectivity index (χ1) is 10.8. The van der Waals surface area contributed by atoms with Crippen LogP contribution in [-0.4, -0.2) is 20.0 Å². The first-order valence-corrected chi connectivity index (χ1v) is 6.94. The number of nitrogens with zero attached hydrogens (tertiary/aromatic N) is 4. The van der Waals surface area contributed by atoms with E-state index in [1.165, 1.54) is 6.20 Å². The molecule has 3 rings (SSSR count). The van der Waals surface area contributed by atoms with Crippen molar-refractivity contribution in [2.45, 2.75) is 19.1 Å². The van der Waals surface area contributed by atoms with Crippen molar-refractivity contribution in [3.8, 4) is 11.5 Å². The quantitative estimate of drug-likeness (QED) is 0.715. The minimum atomic E-state index is -4.49. The maximum Gasteiger partial charge on any atom is 0.435 e. The average Bonchev–Trinajstić information content (AvgIpc) is 3.16. The fraction of sp³-hybridized carbons (Fsp3) is 0.214. The van der Waals surface area contributed by atoms with Crippen molar-refractivity contribution in [1.82, 2.24) is 20.0 Å². The van der Waals surface area contributed by atoms with Crippen LogP contribution in [0.4, 0.5) is 13.2 Å². The Morgan fingerprint density at radius 3 is 2.65 bits per heavy atom. The summed E-state index contributed by atoms with van der Waals surface area (Å²) in [6.45, 7) is 1.61. The van der Waals surface area contributed by atoms with E-state index in [1.807, 2.05) is 0 Å². The van der Waals surface area contributed by atoms with E-state index in [0.717, 1.165) is 10.7 Å². The van der Waals surface area contributed by atoms with Crippen LogP contribution < -0.4 is 0 Å². The van der Waals surface area contributed by atoms with Crippen LogP contribution in [0.25, 0.3) is 11.5 Å². The minimum Gasteiger partial charge on any atom is -0.418 e. The first kappa shape index (κ1) is 15.5. The maximum atomic E-state index is 12.6. The van der Waals surface area contributed by atoms with E-state index in [2.05, 4.69) is 15.3 Å². The topological polar surface area (TPSA) is 56.7 Å². The Labute approximate surface area is 133 Å². The number of rotatable bonds is 3. The molecule has 5 nitrogen and oxygen atoms in total. The molecule has 0 saturated carbocycles. The predicted molar refractivity (Wildman–Crippen MR) is 75.8 cm³/mol. The van der Waals surface area contributed by atoms with Gasteiger partial charge in [0.1, 0.15) is 6.04 Å². The van der Waals surface area contributed by atoms with E-state index < -0.39 is 17.9 Å². The lowest BCUT2D eigenvalue weighted by Gasteiger charge is -2.07. The van der Waals surface area contributed by atoms with Gasteiger partial charge in [0.15, 0.2) is 5.69 Å². The highest BCUT2D eigenvalue weighted by molar-refractivity contribution is 6.30. The second-order valence-corrected chi connectivity index (χ2v) is 5.25. The van der Waals surface area contributed by atoms with Crippen molar-refractivity contribution in [3.05, 3.63) is 53.1 Å². The Morgan fingerprint density at radius 1 is 1.22 bits per heavy atom. The van der Waals surface area contributed by atoms with Crippen molar-refractivity contribution >= 4 is 11.6 Å². The lowest BCUT2D eigenvalue weighted by atomic mass is 10.2. The lowest BCUT2D eigenvalue weighted by molar-refractivity contribution is -0.141. The van der Waals surface area contributed by atoms with Gasteiger partial charge in [-0.05, 0) is 31.2 Å². The molecular formula is C14H10ClF3N4O. The van der Waals surface area contributed by atoms with Crippen molar-refractivity contribution < 1.29 is 17.6 Å². The molecule has 120 valence electrons. The zero-order valence-corrected chi connectivity index (χ0v) is 12.5. The van der Waals surface area contributed by atoms with Crippen molar-refractivity contribution in [2.24, 2.45) is 0 Å². The number of alkyl halides is 3. The molecular weight excluding hydrogens is 333 g/mol. The summed E-state index contributed by atoms with van der Waals surface area (Å²) in [6, 6.07) is 7.08. The average molecular weight is 343 g/mol. The van der Waals surface area contributed by atoms with Gasteiger partial charge in [-0.25, -0.2) is 0 Å². The van der Waals surface area contributed by atoms with Crippen LogP contribution in [0.3, 0.4) is 0 Å². The summed E-state index contributed by atoms with van der Waals surface area (Å²) < 4.78 is 44.4. The highest BCUT2D eigenvalue weighted by Gasteiger charge is 2.34. The first-order valence-electron chi connectivity index (χ1n) is 6.56. The third-order valence-corrected chi connectivity index (χ3v) is 3.40. The minimum absolute atomic E-state index is 0.150. The third-order valence-electron chi connectivity index (χ3n) is 3.17. The van der Waals surface area contributed by atoms with Gasteiger partial charge in [0.25, 0.3) is 0 Å². The van der Waals surface area contributed by atoms with E-state index >= 15 is 0 Å². The second kappa shape index (κ2) is 5.69. The largest absolute Gasteiger partial charge is 0.435 e. The summed E-state index contributed by atoms with van der Waals surface area (Å²) in [5.41, 5.74) is -0.348. The van der Waals surface area contributed by atoms with Crippen molar-refractivity contribution in [2.75, 3.05) is 0 Å². The Bertz CT molecular complexity index is 827. The van der Waals surface area contributed by atoms with Crippen molar-refractivity contribution in [3.63, 3.8) is 0 Å². The van der Waals surface area contributed by atoms with Gasteiger partial charge < -0.3 is 4.42 Å². The summed E-state index contributed by atoms with van der Waals surface area (Å²) in [5, 5.41) is 11.8. The molecule has 0 aliphatic rings. The van der Waals surface area contributed by atoms with Gasteiger partial charge >= 0.3 is 6.18 Å². The highest BCUT2D eigenvalue weighted by Crippen LogP contribution is 2.29. The van der Waals surface area contributed by atoms with E-state index in [4.69, 9.17) is 16.0 Å². The van der Waals surface area contributed by atoms with E-state index in [9.17, 15) is 13.2 Å². The molecule has 0 aliphatic carbocycles. The summed E-state index contributed by atoms with van der Waals surface area (Å²) in [5.74, 6) is 0.384. The van der Waals surface area contributed by atoms with Gasteiger partial charge in [0.05, 0.1) is 0 Å². The molecule has 2 heterocycles. The summed E-state index contributed by atoms with van der Waals surface area (Å²) in [6.07, 6.45) is -3.28. The normalized spacial score (nSPS) is 13.3. The number of hydrogen-bond donors (Lipinski definition) is 0. The van der Waals surface area contributed by atoms with Gasteiger partial charge in [0, 0.05) is 16.8 Å². The Morgan fingerprint density at radius 2 is 2.00 bits per heavy atom. The Hall–Kier alpha value is -2.35. The zero-order valence-electron chi connectivity index (χ0n) is 11.8.